The minimum absolute atomic E-state index is 0.191. The molecule has 6 aromatic rings. The van der Waals surface area contributed by atoms with Crippen molar-refractivity contribution in [3.63, 3.8) is 0 Å². The maximum absolute atomic E-state index is 10.2. The molecule has 9 rings (SSSR count). The van der Waals surface area contributed by atoms with Gasteiger partial charge in [-0.2, -0.15) is 5.26 Å². The third-order valence-corrected chi connectivity index (χ3v) is 12.9. The molecule has 0 unspecified atom stereocenters. The summed E-state index contributed by atoms with van der Waals surface area (Å²) in [4.78, 5) is 3.99. The van der Waals surface area contributed by atoms with Crippen molar-refractivity contribution in [2.45, 2.75) is 71.6 Å². The molecule has 0 radical (unpaired) electrons. The Morgan fingerprint density at radius 2 is 0.980 bits per heavy atom. The van der Waals surface area contributed by atoms with Gasteiger partial charge in [-0.1, -0.05) is 110 Å². The summed E-state index contributed by atoms with van der Waals surface area (Å²) in [6, 6.07) is 33.9. The third kappa shape index (κ3) is 3.40. The molecule has 6 aromatic carbocycles. The van der Waals surface area contributed by atoms with Crippen molar-refractivity contribution in [2.24, 2.45) is 11.8 Å². The van der Waals surface area contributed by atoms with Crippen LogP contribution >= 0.6 is 0 Å². The minimum Gasteiger partial charge on any atom is -0.238 e. The van der Waals surface area contributed by atoms with Crippen LogP contribution in [-0.2, 0) is 16.2 Å². The molecule has 0 saturated heterocycles. The Morgan fingerprint density at radius 1 is 0.551 bits per heavy atom. The third-order valence-electron chi connectivity index (χ3n) is 12.9. The van der Waals surface area contributed by atoms with Gasteiger partial charge in [-0.25, -0.2) is 4.85 Å². The van der Waals surface area contributed by atoms with Crippen molar-refractivity contribution < 1.29 is 0 Å². The lowest BCUT2D eigenvalue weighted by molar-refractivity contribution is 0.280. The summed E-state index contributed by atoms with van der Waals surface area (Å²) in [7, 11) is 0. The largest absolute Gasteiger partial charge is 0.238 e. The molecule has 0 atom stereocenters. The molecule has 0 aliphatic heterocycles. The van der Waals surface area contributed by atoms with E-state index in [1.54, 1.807) is 0 Å². The van der Waals surface area contributed by atoms with Crippen LogP contribution in [0.15, 0.2) is 84.9 Å². The topological polar surface area (TPSA) is 28.1 Å². The predicted molar refractivity (Wildman–Crippen MR) is 203 cm³/mol. The van der Waals surface area contributed by atoms with Crippen molar-refractivity contribution in [1.29, 1.82) is 5.26 Å². The molecule has 49 heavy (non-hydrogen) atoms. The number of benzene rings is 6. The molecule has 2 heteroatoms. The summed E-state index contributed by atoms with van der Waals surface area (Å²) in [5, 5.41) is 14.6. The summed E-state index contributed by atoms with van der Waals surface area (Å²) in [5.41, 5.74) is 16.7. The molecule has 0 saturated carbocycles. The number of nitriles is 1. The quantitative estimate of drug-likeness (QED) is 0.175. The molecule has 0 spiro atoms. The Labute approximate surface area is 289 Å². The average molecular weight is 633 g/mol. The first kappa shape index (κ1) is 29.9. The molecule has 0 aromatic heterocycles. The van der Waals surface area contributed by atoms with Crippen LogP contribution < -0.4 is 0 Å². The summed E-state index contributed by atoms with van der Waals surface area (Å²) in [5.74, 6) is 0.704. The van der Waals surface area contributed by atoms with Crippen molar-refractivity contribution in [3.05, 3.63) is 135 Å². The van der Waals surface area contributed by atoms with Gasteiger partial charge in [-0.05, 0) is 125 Å². The standard InChI is InChI=1S/C47H40N2/c1-25(2)47(26(3)4)38-21-34-36(45(5,6)40-18-27(24-48)28-14-10-12-16-30(28)43(34)40)19-32(38)33-20-37-35(22-39(33)47)44-31-17-13-11-15-29(31)42(49-9)23-41(44)46(37,7)8/h10-23,25-26H,1-8H3. The molecule has 2 nitrogen and oxygen atoms in total. The van der Waals surface area contributed by atoms with E-state index >= 15 is 0 Å². The van der Waals surface area contributed by atoms with Gasteiger partial charge in [0.15, 0.2) is 5.69 Å². The van der Waals surface area contributed by atoms with Crippen LogP contribution in [-0.4, -0.2) is 0 Å². The Bertz CT molecular complexity index is 2400. The molecule has 0 heterocycles. The van der Waals surface area contributed by atoms with Crippen molar-refractivity contribution in [2.75, 3.05) is 0 Å². The smallest absolute Gasteiger partial charge is 0.195 e. The fourth-order valence-corrected chi connectivity index (χ4v) is 10.6. The minimum atomic E-state index is -0.252. The summed E-state index contributed by atoms with van der Waals surface area (Å²) >= 11 is 0. The van der Waals surface area contributed by atoms with Crippen LogP contribution in [0.25, 0.3) is 59.8 Å². The molecule has 3 aliphatic carbocycles. The predicted octanol–water partition coefficient (Wildman–Crippen LogP) is 12.6. The van der Waals surface area contributed by atoms with E-state index in [0.717, 1.165) is 22.0 Å². The Kier molecular flexibility index (Phi) is 5.80. The van der Waals surface area contributed by atoms with Gasteiger partial charge in [-0.3, -0.25) is 0 Å². The number of hydrogen-bond donors (Lipinski definition) is 0. The zero-order valence-corrected chi connectivity index (χ0v) is 29.6. The number of fused-ring (bicyclic) bond motifs is 13. The number of hydrogen-bond acceptors (Lipinski definition) is 1. The van der Waals surface area contributed by atoms with Crippen LogP contribution in [0.4, 0.5) is 5.69 Å². The van der Waals surface area contributed by atoms with E-state index in [1.807, 2.05) is 6.07 Å². The second kappa shape index (κ2) is 9.49. The van der Waals surface area contributed by atoms with Crippen molar-refractivity contribution in [3.8, 4) is 39.4 Å². The van der Waals surface area contributed by atoms with Crippen molar-refractivity contribution in [1.82, 2.24) is 0 Å². The molecule has 0 bridgehead atoms. The highest BCUT2D eigenvalue weighted by Crippen LogP contribution is 2.64. The number of nitrogens with zero attached hydrogens (tertiary/aromatic N) is 2. The van der Waals surface area contributed by atoms with Gasteiger partial charge in [0, 0.05) is 21.6 Å². The highest BCUT2D eigenvalue weighted by molar-refractivity contribution is 6.09. The molecular weight excluding hydrogens is 593 g/mol. The zero-order chi connectivity index (χ0) is 34.4. The highest BCUT2D eigenvalue weighted by atomic mass is 14.7. The van der Waals surface area contributed by atoms with Crippen LogP contribution in [0, 0.1) is 29.7 Å². The Hall–Kier alpha value is -5.18. The SMILES string of the molecule is [C-]#[N+]c1cc2c(c3ccccc13)-c1cc3c(cc1C2(C)C)-c1cc2c(cc1C3(C(C)C)C(C)C)-c1c(cc(C#N)c3ccccc13)C2(C)C. The lowest BCUT2D eigenvalue weighted by atomic mass is 9.62. The average Bonchev–Trinajstić information content (AvgIpc) is 3.59. The van der Waals surface area contributed by atoms with Crippen LogP contribution in [0.1, 0.15) is 94.3 Å². The van der Waals surface area contributed by atoms with E-state index in [4.69, 9.17) is 6.57 Å². The molecule has 0 fully saturated rings. The van der Waals surface area contributed by atoms with E-state index in [9.17, 15) is 5.26 Å². The number of rotatable bonds is 2. The Morgan fingerprint density at radius 3 is 1.45 bits per heavy atom. The maximum atomic E-state index is 10.2. The van der Waals surface area contributed by atoms with Crippen LogP contribution in [0.3, 0.4) is 0 Å². The monoisotopic (exact) mass is 632 g/mol. The summed E-state index contributed by atoms with van der Waals surface area (Å²) < 4.78 is 0. The van der Waals surface area contributed by atoms with E-state index in [2.05, 4.69) is 145 Å². The van der Waals surface area contributed by atoms with Crippen LogP contribution in [0.5, 0.6) is 0 Å². The first-order valence-corrected chi connectivity index (χ1v) is 17.7. The molecule has 0 N–H and O–H groups in total. The van der Waals surface area contributed by atoms with E-state index in [0.29, 0.717) is 11.8 Å². The van der Waals surface area contributed by atoms with Gasteiger partial charge in [0.2, 0.25) is 0 Å². The second-order valence-electron chi connectivity index (χ2n) is 16.3. The lowest BCUT2D eigenvalue weighted by Crippen LogP contribution is -2.37. The van der Waals surface area contributed by atoms with Gasteiger partial charge < -0.3 is 0 Å². The molecule has 3 aliphatic rings. The van der Waals surface area contributed by atoms with Gasteiger partial charge in [0.25, 0.3) is 0 Å². The summed E-state index contributed by atoms with van der Waals surface area (Å²) in [6.07, 6.45) is 0. The van der Waals surface area contributed by atoms with Gasteiger partial charge in [-0.15, -0.1) is 0 Å². The zero-order valence-electron chi connectivity index (χ0n) is 29.6. The highest BCUT2D eigenvalue weighted by Gasteiger charge is 2.51. The van der Waals surface area contributed by atoms with E-state index < -0.39 is 0 Å². The molecule has 238 valence electrons. The lowest BCUT2D eigenvalue weighted by Gasteiger charge is -2.41. The molecular formula is C47H40N2. The van der Waals surface area contributed by atoms with Gasteiger partial charge >= 0.3 is 0 Å². The fraction of sp³-hybridized carbons (Fsp3) is 0.277. The van der Waals surface area contributed by atoms with Gasteiger partial charge in [0.05, 0.1) is 18.2 Å². The Balaban J connectivity index is 1.39. The second-order valence-corrected chi connectivity index (χ2v) is 16.3. The maximum Gasteiger partial charge on any atom is 0.195 e. The van der Waals surface area contributed by atoms with E-state index in [-0.39, 0.29) is 16.2 Å². The van der Waals surface area contributed by atoms with Crippen LogP contribution in [0.2, 0.25) is 0 Å². The van der Waals surface area contributed by atoms with Crippen molar-refractivity contribution >= 4 is 27.2 Å². The fourth-order valence-electron chi connectivity index (χ4n) is 10.6. The first-order valence-electron chi connectivity index (χ1n) is 17.7. The molecule has 0 amide bonds. The van der Waals surface area contributed by atoms with Gasteiger partial charge in [0.1, 0.15) is 0 Å². The first-order chi connectivity index (χ1) is 23.4. The normalized spacial score (nSPS) is 16.6. The summed E-state index contributed by atoms with van der Waals surface area (Å²) in [6.45, 7) is 27.0. The van der Waals surface area contributed by atoms with E-state index in [1.165, 1.54) is 77.5 Å².